The van der Waals surface area contributed by atoms with Gasteiger partial charge in [-0.1, -0.05) is 6.07 Å². The van der Waals surface area contributed by atoms with Crippen molar-refractivity contribution in [3.63, 3.8) is 0 Å². The summed E-state index contributed by atoms with van der Waals surface area (Å²) in [5, 5.41) is 14.4. The van der Waals surface area contributed by atoms with Crippen LogP contribution in [-0.4, -0.2) is 49.5 Å². The molecule has 4 aromatic rings. The molecule has 2 aromatic carbocycles. The van der Waals surface area contributed by atoms with Gasteiger partial charge in [0, 0.05) is 24.6 Å². The molecule has 1 aliphatic rings. The minimum atomic E-state index is -5.87. The standard InChI is InChI=1S/C33H28F6N4O4/c1-31(15-40,19-7-8-19)14-24(44)22-12-18(6-11-25(22)46-3)21-13-23-26(29(45)41-2)27(17-4-9-20(34)10-5-17)47-30(23)43-28(21)42-16-32(35,36)33(37,38)39/h4-6,9-13,19H,7-8,14,16H2,1-3H3,(H,41,45)(H,42,43). The van der Waals surface area contributed by atoms with Crippen molar-refractivity contribution >= 4 is 28.6 Å². The second-order valence-electron chi connectivity index (χ2n) is 11.5. The third-order valence-corrected chi connectivity index (χ3v) is 8.21. The van der Waals surface area contributed by atoms with Crippen LogP contribution in [0.2, 0.25) is 0 Å². The van der Waals surface area contributed by atoms with E-state index in [1.165, 1.54) is 50.6 Å². The smallest absolute Gasteiger partial charge is 0.455 e. The fraction of sp³-hybridized carbons (Fsp3) is 0.333. The lowest BCUT2D eigenvalue weighted by Gasteiger charge is -2.22. The van der Waals surface area contributed by atoms with Crippen LogP contribution in [0.1, 0.15) is 46.9 Å². The molecule has 246 valence electrons. The number of aromatic nitrogens is 1. The summed E-state index contributed by atoms with van der Waals surface area (Å²) in [5.41, 5.74) is -0.879. The highest BCUT2D eigenvalue weighted by atomic mass is 19.4. The number of nitrogens with one attached hydrogen (secondary N) is 2. The number of nitrogens with zero attached hydrogens (tertiary/aromatic N) is 2. The van der Waals surface area contributed by atoms with Crippen LogP contribution in [-0.2, 0) is 0 Å². The Balaban J connectivity index is 1.70. The quantitative estimate of drug-likeness (QED) is 0.125. The minimum absolute atomic E-state index is 0.0443. The largest absolute Gasteiger partial charge is 0.496 e. The number of amides is 1. The molecule has 0 spiro atoms. The van der Waals surface area contributed by atoms with Gasteiger partial charge in [-0.05, 0) is 73.7 Å². The molecule has 1 atom stereocenters. The lowest BCUT2D eigenvalue weighted by molar-refractivity contribution is -0.275. The van der Waals surface area contributed by atoms with Crippen LogP contribution in [0, 0.1) is 28.5 Å². The van der Waals surface area contributed by atoms with E-state index in [0.717, 1.165) is 25.0 Å². The number of hydrogen-bond donors (Lipinski definition) is 2. The average molecular weight is 659 g/mol. The highest BCUT2D eigenvalue weighted by Crippen LogP contribution is 2.48. The lowest BCUT2D eigenvalue weighted by atomic mass is 9.80. The number of ketones is 1. The van der Waals surface area contributed by atoms with Gasteiger partial charge in [0.2, 0.25) is 5.71 Å². The van der Waals surface area contributed by atoms with Gasteiger partial charge >= 0.3 is 12.1 Å². The van der Waals surface area contributed by atoms with Crippen LogP contribution >= 0.6 is 0 Å². The van der Waals surface area contributed by atoms with Gasteiger partial charge in [0.1, 0.15) is 23.1 Å². The molecule has 0 radical (unpaired) electrons. The molecular formula is C33H28F6N4O4. The SMILES string of the molecule is CNC(=O)c1c(-c2ccc(F)cc2)oc2nc(NCC(F)(F)C(F)(F)F)c(-c3ccc(OC)c(C(=O)CC(C)(C#N)C4CC4)c3)cc12. The van der Waals surface area contributed by atoms with Gasteiger partial charge in [-0.3, -0.25) is 9.59 Å². The number of furan rings is 1. The van der Waals surface area contributed by atoms with Crippen molar-refractivity contribution < 1.29 is 45.1 Å². The number of rotatable bonds is 11. The first kappa shape index (κ1) is 33.3. The topological polar surface area (TPSA) is 117 Å². The van der Waals surface area contributed by atoms with Crippen LogP contribution in [0.3, 0.4) is 0 Å². The van der Waals surface area contributed by atoms with E-state index in [4.69, 9.17) is 9.15 Å². The molecule has 5 rings (SSSR count). The molecule has 1 saturated carbocycles. The summed E-state index contributed by atoms with van der Waals surface area (Å²) >= 11 is 0. The van der Waals surface area contributed by atoms with Gasteiger partial charge in [0.15, 0.2) is 5.78 Å². The van der Waals surface area contributed by atoms with Crippen molar-refractivity contribution in [2.75, 3.05) is 26.0 Å². The summed E-state index contributed by atoms with van der Waals surface area (Å²) in [6.45, 7) is -0.197. The van der Waals surface area contributed by atoms with Crippen LogP contribution in [0.5, 0.6) is 5.75 Å². The molecule has 1 amide bonds. The first-order valence-corrected chi connectivity index (χ1v) is 14.4. The zero-order valence-corrected chi connectivity index (χ0v) is 25.3. The van der Waals surface area contributed by atoms with E-state index in [1.807, 2.05) is 0 Å². The molecule has 0 aliphatic heterocycles. The lowest BCUT2D eigenvalue weighted by Crippen LogP contribution is -2.42. The Hall–Kier alpha value is -5.06. The number of benzene rings is 2. The molecule has 8 nitrogen and oxygen atoms in total. The summed E-state index contributed by atoms with van der Waals surface area (Å²) in [6.07, 6.45) is -4.41. The Labute approximate surface area is 264 Å². The zero-order chi connectivity index (χ0) is 34.3. The van der Waals surface area contributed by atoms with Gasteiger partial charge in [-0.25, -0.2) is 4.39 Å². The van der Waals surface area contributed by atoms with Gasteiger partial charge in [0.05, 0.1) is 41.7 Å². The molecule has 1 aliphatic carbocycles. The maximum atomic E-state index is 14.1. The third kappa shape index (κ3) is 6.47. The predicted octanol–water partition coefficient (Wildman–Crippen LogP) is 7.79. The first-order valence-electron chi connectivity index (χ1n) is 14.4. The van der Waals surface area contributed by atoms with Crippen molar-refractivity contribution in [2.45, 2.75) is 38.3 Å². The van der Waals surface area contributed by atoms with Gasteiger partial charge in [0.25, 0.3) is 5.91 Å². The highest BCUT2D eigenvalue weighted by molar-refractivity contribution is 6.12. The molecule has 0 bridgehead atoms. The van der Waals surface area contributed by atoms with Gasteiger partial charge in [-0.15, -0.1) is 0 Å². The van der Waals surface area contributed by atoms with Crippen molar-refractivity contribution in [1.82, 2.24) is 10.3 Å². The minimum Gasteiger partial charge on any atom is -0.496 e. The Morgan fingerprint density at radius 3 is 2.30 bits per heavy atom. The summed E-state index contributed by atoms with van der Waals surface area (Å²) in [6, 6.07) is 12.7. The van der Waals surface area contributed by atoms with E-state index >= 15 is 0 Å². The predicted molar refractivity (Wildman–Crippen MR) is 160 cm³/mol. The van der Waals surface area contributed by atoms with Crippen LogP contribution in [0.4, 0.5) is 32.2 Å². The molecule has 14 heteroatoms. The normalized spacial score (nSPS) is 14.7. The Morgan fingerprint density at radius 1 is 1.06 bits per heavy atom. The number of fused-ring (bicyclic) bond motifs is 1. The van der Waals surface area contributed by atoms with E-state index in [0.29, 0.717) is 0 Å². The number of Topliss-reactive ketones (excluding diaryl/α,β-unsaturated/α-hetero) is 1. The molecule has 2 heterocycles. The van der Waals surface area contributed by atoms with E-state index in [2.05, 4.69) is 21.7 Å². The number of alkyl halides is 5. The maximum absolute atomic E-state index is 14.1. The summed E-state index contributed by atoms with van der Waals surface area (Å²) in [4.78, 5) is 30.9. The number of nitriles is 1. The number of pyridine rings is 1. The van der Waals surface area contributed by atoms with Crippen molar-refractivity contribution in [3.8, 4) is 34.3 Å². The van der Waals surface area contributed by atoms with Crippen molar-refractivity contribution in [3.05, 3.63) is 65.5 Å². The zero-order valence-electron chi connectivity index (χ0n) is 25.3. The Morgan fingerprint density at radius 2 is 1.72 bits per heavy atom. The molecule has 2 aromatic heterocycles. The van der Waals surface area contributed by atoms with E-state index < -0.39 is 47.4 Å². The second kappa shape index (κ2) is 12.3. The first-order chi connectivity index (χ1) is 22.1. The average Bonchev–Trinajstić information content (AvgIpc) is 3.84. The summed E-state index contributed by atoms with van der Waals surface area (Å²) in [7, 11) is 2.67. The van der Waals surface area contributed by atoms with Crippen molar-refractivity contribution in [1.29, 1.82) is 5.26 Å². The monoisotopic (exact) mass is 658 g/mol. The van der Waals surface area contributed by atoms with E-state index in [-0.39, 0.29) is 62.8 Å². The van der Waals surface area contributed by atoms with Crippen LogP contribution in [0.25, 0.3) is 33.6 Å². The van der Waals surface area contributed by atoms with Crippen molar-refractivity contribution in [2.24, 2.45) is 11.3 Å². The molecule has 1 fully saturated rings. The summed E-state index contributed by atoms with van der Waals surface area (Å²) in [5.74, 6) is -7.15. The number of anilines is 1. The number of carbonyl (C=O) groups is 2. The fourth-order valence-electron chi connectivity index (χ4n) is 5.35. The van der Waals surface area contributed by atoms with Gasteiger partial charge < -0.3 is 19.8 Å². The molecule has 2 N–H and O–H groups in total. The fourth-order valence-corrected chi connectivity index (χ4v) is 5.35. The molecule has 0 saturated heterocycles. The summed E-state index contributed by atoms with van der Waals surface area (Å²) < 4.78 is 92.3. The molecular weight excluding hydrogens is 630 g/mol. The second-order valence-corrected chi connectivity index (χ2v) is 11.5. The number of ether oxygens (including phenoxy) is 1. The number of methoxy groups -OCH3 is 1. The Bertz CT molecular complexity index is 1890. The highest BCUT2D eigenvalue weighted by Gasteiger charge is 2.57. The number of hydrogen-bond acceptors (Lipinski definition) is 7. The number of carbonyl (C=O) groups excluding carboxylic acids is 2. The Kier molecular flexibility index (Phi) is 8.70. The van der Waals surface area contributed by atoms with E-state index in [9.17, 15) is 41.2 Å². The maximum Gasteiger partial charge on any atom is 0.455 e. The third-order valence-electron chi connectivity index (χ3n) is 8.21. The van der Waals surface area contributed by atoms with Crippen LogP contribution < -0.4 is 15.4 Å². The molecule has 47 heavy (non-hydrogen) atoms. The number of halogens is 6. The molecule has 1 unspecified atom stereocenters. The van der Waals surface area contributed by atoms with Gasteiger partial charge in [-0.2, -0.15) is 32.2 Å². The van der Waals surface area contributed by atoms with E-state index in [1.54, 1.807) is 6.92 Å². The van der Waals surface area contributed by atoms with Crippen LogP contribution in [0.15, 0.2) is 52.9 Å².